The number of carbonyl (C=O) groups is 1. The van der Waals surface area contributed by atoms with Gasteiger partial charge in [-0.05, 0) is 31.0 Å². The molecule has 1 aliphatic rings. The molecule has 1 amide bonds. The molecule has 0 spiro atoms. The molecule has 2 aromatic rings. The molecule has 1 aliphatic heterocycles. The van der Waals surface area contributed by atoms with Gasteiger partial charge in [0, 0.05) is 19.2 Å². The standard InChI is InChI=1S/C17H17F3N4O2/c1-10(11-3-5-12(6-4-11)17(18,19)20)21-15(26)13-9-14(25)23-16(22-13)24-7-2-8-24/h3-6,9-10H,2,7-8H2,1H3,(H,21,26)(H,22,23,25). The van der Waals surface area contributed by atoms with Crippen LogP contribution in [0.4, 0.5) is 19.1 Å². The van der Waals surface area contributed by atoms with Crippen LogP contribution in [0, 0.1) is 0 Å². The first-order valence-electron chi connectivity index (χ1n) is 8.08. The van der Waals surface area contributed by atoms with E-state index in [4.69, 9.17) is 0 Å². The molecule has 1 fully saturated rings. The van der Waals surface area contributed by atoms with Gasteiger partial charge in [0.2, 0.25) is 5.95 Å². The SMILES string of the molecule is CC(NC(=O)c1cc(=O)[nH]c(N2CCC2)n1)c1ccc(C(F)(F)F)cc1. The second-order valence-electron chi connectivity index (χ2n) is 6.11. The van der Waals surface area contributed by atoms with E-state index in [1.165, 1.54) is 12.1 Å². The molecule has 1 aromatic carbocycles. The van der Waals surface area contributed by atoms with Gasteiger partial charge in [0.1, 0.15) is 5.69 Å². The highest BCUT2D eigenvalue weighted by Crippen LogP contribution is 2.29. The average molecular weight is 366 g/mol. The fourth-order valence-corrected chi connectivity index (χ4v) is 2.55. The van der Waals surface area contributed by atoms with Gasteiger partial charge >= 0.3 is 6.18 Å². The Bertz CT molecular complexity index is 858. The Hall–Kier alpha value is -2.84. The Morgan fingerprint density at radius 1 is 1.27 bits per heavy atom. The third-order valence-electron chi connectivity index (χ3n) is 4.20. The summed E-state index contributed by atoms with van der Waals surface area (Å²) in [7, 11) is 0. The fourth-order valence-electron chi connectivity index (χ4n) is 2.55. The van der Waals surface area contributed by atoms with Crippen molar-refractivity contribution in [3.8, 4) is 0 Å². The van der Waals surface area contributed by atoms with Crippen molar-refractivity contribution in [1.29, 1.82) is 0 Å². The number of aromatic nitrogens is 2. The number of amides is 1. The van der Waals surface area contributed by atoms with Gasteiger partial charge in [0.15, 0.2) is 0 Å². The third kappa shape index (κ3) is 3.87. The molecule has 6 nitrogen and oxygen atoms in total. The lowest BCUT2D eigenvalue weighted by atomic mass is 10.1. The summed E-state index contributed by atoms with van der Waals surface area (Å²) in [6.07, 6.45) is -3.42. The van der Waals surface area contributed by atoms with Crippen LogP contribution < -0.4 is 15.8 Å². The van der Waals surface area contributed by atoms with Gasteiger partial charge in [-0.25, -0.2) is 4.98 Å². The summed E-state index contributed by atoms with van der Waals surface area (Å²) in [6, 6.07) is 5.10. The molecule has 0 bridgehead atoms. The van der Waals surface area contributed by atoms with Gasteiger partial charge in [0.05, 0.1) is 11.6 Å². The monoisotopic (exact) mass is 366 g/mol. The van der Waals surface area contributed by atoms with Crippen LogP contribution >= 0.6 is 0 Å². The average Bonchev–Trinajstić information content (AvgIpc) is 2.52. The minimum absolute atomic E-state index is 0.0330. The zero-order valence-electron chi connectivity index (χ0n) is 13.9. The maximum absolute atomic E-state index is 12.6. The van der Waals surface area contributed by atoms with Crippen LogP contribution in [0.3, 0.4) is 0 Å². The number of nitrogens with one attached hydrogen (secondary N) is 2. The van der Waals surface area contributed by atoms with Gasteiger partial charge in [-0.15, -0.1) is 0 Å². The molecule has 0 aliphatic carbocycles. The molecular weight excluding hydrogens is 349 g/mol. The van der Waals surface area contributed by atoms with Gasteiger partial charge in [-0.3, -0.25) is 14.6 Å². The van der Waals surface area contributed by atoms with Crippen LogP contribution in [-0.2, 0) is 6.18 Å². The molecule has 0 radical (unpaired) electrons. The molecule has 1 aromatic heterocycles. The van der Waals surface area contributed by atoms with E-state index in [0.717, 1.165) is 37.7 Å². The Labute approximate surface area is 147 Å². The minimum atomic E-state index is -4.41. The molecular formula is C17H17F3N4O2. The van der Waals surface area contributed by atoms with E-state index in [9.17, 15) is 22.8 Å². The lowest BCUT2D eigenvalue weighted by Gasteiger charge is -2.31. The largest absolute Gasteiger partial charge is 0.416 e. The van der Waals surface area contributed by atoms with E-state index in [1.807, 2.05) is 4.90 Å². The number of halogens is 3. The number of hydrogen-bond donors (Lipinski definition) is 2. The Morgan fingerprint density at radius 2 is 1.92 bits per heavy atom. The Morgan fingerprint density at radius 3 is 2.46 bits per heavy atom. The molecule has 3 rings (SSSR count). The summed E-state index contributed by atoms with van der Waals surface area (Å²) in [5.41, 5.74) is -0.710. The van der Waals surface area contributed by atoms with Crippen molar-refractivity contribution in [3.63, 3.8) is 0 Å². The van der Waals surface area contributed by atoms with E-state index in [-0.39, 0.29) is 5.69 Å². The van der Waals surface area contributed by atoms with Crippen LogP contribution in [0.1, 0.15) is 41.0 Å². The maximum atomic E-state index is 12.6. The predicted octanol–water partition coefficient (Wildman–Crippen LogP) is 2.49. The van der Waals surface area contributed by atoms with Crippen LogP contribution in [0.5, 0.6) is 0 Å². The number of nitrogens with zero attached hydrogens (tertiary/aromatic N) is 2. The molecule has 2 N–H and O–H groups in total. The highest BCUT2D eigenvalue weighted by molar-refractivity contribution is 5.92. The Balaban J connectivity index is 1.73. The van der Waals surface area contributed by atoms with E-state index >= 15 is 0 Å². The number of aromatic amines is 1. The predicted molar refractivity (Wildman–Crippen MR) is 89.0 cm³/mol. The molecule has 2 heterocycles. The number of rotatable bonds is 4. The molecule has 0 saturated carbocycles. The van der Waals surface area contributed by atoms with Crippen molar-refractivity contribution >= 4 is 11.9 Å². The number of hydrogen-bond acceptors (Lipinski definition) is 4. The molecule has 1 saturated heterocycles. The summed E-state index contributed by atoms with van der Waals surface area (Å²) in [4.78, 5) is 32.7. The van der Waals surface area contributed by atoms with Crippen LogP contribution in [0.2, 0.25) is 0 Å². The number of anilines is 1. The summed E-state index contributed by atoms with van der Waals surface area (Å²) in [5.74, 6) is -0.221. The smallest absolute Gasteiger partial charge is 0.344 e. The lowest BCUT2D eigenvalue weighted by molar-refractivity contribution is -0.137. The second kappa shape index (κ2) is 6.81. The number of alkyl halides is 3. The third-order valence-corrected chi connectivity index (χ3v) is 4.20. The normalized spacial score (nSPS) is 15.3. The van der Waals surface area contributed by atoms with E-state index in [0.29, 0.717) is 11.5 Å². The highest BCUT2D eigenvalue weighted by Gasteiger charge is 2.30. The summed E-state index contributed by atoms with van der Waals surface area (Å²) < 4.78 is 37.8. The number of H-pyrrole nitrogens is 1. The van der Waals surface area contributed by atoms with Crippen molar-refractivity contribution < 1.29 is 18.0 Å². The van der Waals surface area contributed by atoms with Gasteiger partial charge in [0.25, 0.3) is 11.5 Å². The zero-order valence-corrected chi connectivity index (χ0v) is 13.9. The summed E-state index contributed by atoms with van der Waals surface area (Å²) >= 11 is 0. The molecule has 1 atom stereocenters. The molecule has 9 heteroatoms. The van der Waals surface area contributed by atoms with Crippen LogP contribution in [0.15, 0.2) is 35.1 Å². The first-order chi connectivity index (χ1) is 12.2. The lowest BCUT2D eigenvalue weighted by Crippen LogP contribution is -2.40. The van der Waals surface area contributed by atoms with Crippen molar-refractivity contribution in [1.82, 2.24) is 15.3 Å². The quantitative estimate of drug-likeness (QED) is 0.872. The molecule has 1 unspecified atom stereocenters. The van der Waals surface area contributed by atoms with Crippen molar-refractivity contribution in [2.75, 3.05) is 18.0 Å². The van der Waals surface area contributed by atoms with Crippen molar-refractivity contribution in [2.45, 2.75) is 25.6 Å². The number of benzene rings is 1. The second-order valence-corrected chi connectivity index (χ2v) is 6.11. The topological polar surface area (TPSA) is 78.1 Å². The highest BCUT2D eigenvalue weighted by atomic mass is 19.4. The van der Waals surface area contributed by atoms with Crippen LogP contribution in [-0.4, -0.2) is 29.0 Å². The summed E-state index contributed by atoms with van der Waals surface area (Å²) in [5, 5.41) is 2.65. The minimum Gasteiger partial charge on any atom is -0.344 e. The van der Waals surface area contributed by atoms with Gasteiger partial charge in [-0.1, -0.05) is 12.1 Å². The Kier molecular flexibility index (Phi) is 4.71. The van der Waals surface area contributed by atoms with E-state index in [2.05, 4.69) is 15.3 Å². The van der Waals surface area contributed by atoms with Crippen molar-refractivity contribution in [2.24, 2.45) is 0 Å². The number of carbonyl (C=O) groups excluding carboxylic acids is 1. The van der Waals surface area contributed by atoms with E-state index in [1.54, 1.807) is 6.92 Å². The molecule has 26 heavy (non-hydrogen) atoms. The van der Waals surface area contributed by atoms with Gasteiger partial charge < -0.3 is 10.2 Å². The van der Waals surface area contributed by atoms with Crippen molar-refractivity contribution in [3.05, 3.63) is 57.5 Å². The maximum Gasteiger partial charge on any atom is 0.416 e. The first kappa shape index (κ1) is 18.0. The fraction of sp³-hybridized carbons (Fsp3) is 0.353. The van der Waals surface area contributed by atoms with E-state index < -0.39 is 29.2 Å². The molecule has 138 valence electrons. The van der Waals surface area contributed by atoms with Crippen LogP contribution in [0.25, 0.3) is 0 Å². The first-order valence-corrected chi connectivity index (χ1v) is 8.08. The zero-order chi connectivity index (χ0) is 18.9. The van der Waals surface area contributed by atoms with Gasteiger partial charge in [-0.2, -0.15) is 13.2 Å². The summed E-state index contributed by atoms with van der Waals surface area (Å²) in [6.45, 7) is 3.16.